The molecular formula is C24H23B4FN2O. The average molecular weight is 418 g/mol. The van der Waals surface area contributed by atoms with Crippen LogP contribution in [0.3, 0.4) is 0 Å². The zero-order valence-corrected chi connectivity index (χ0v) is 18.6. The lowest BCUT2D eigenvalue weighted by Crippen LogP contribution is -2.44. The van der Waals surface area contributed by atoms with Crippen LogP contribution in [-0.2, 0) is 5.21 Å². The Morgan fingerprint density at radius 2 is 1.75 bits per heavy atom. The van der Waals surface area contributed by atoms with Crippen molar-refractivity contribution in [3.8, 4) is 5.69 Å². The van der Waals surface area contributed by atoms with Crippen molar-refractivity contribution >= 4 is 54.1 Å². The quantitative estimate of drug-likeness (QED) is 0.436. The zero-order chi connectivity index (χ0) is 24.0. The maximum Gasteiger partial charge on any atom is 0.123 e. The predicted molar refractivity (Wildman–Crippen MR) is 136 cm³/mol. The summed E-state index contributed by atoms with van der Waals surface area (Å²) in [4.78, 5) is 0. The lowest BCUT2D eigenvalue weighted by molar-refractivity contribution is 0.369. The summed E-state index contributed by atoms with van der Waals surface area (Å²) in [5.41, 5.74) is 4.28. The minimum atomic E-state index is -2.03. The van der Waals surface area contributed by atoms with E-state index in [0.717, 1.165) is 22.5 Å². The highest BCUT2D eigenvalue weighted by Gasteiger charge is 2.42. The van der Waals surface area contributed by atoms with Crippen molar-refractivity contribution in [2.24, 2.45) is 0 Å². The molecule has 0 saturated heterocycles. The normalized spacial score (nSPS) is 12.3. The number of hydrogen-bond acceptors (Lipinski definition) is 2. The van der Waals surface area contributed by atoms with Crippen LogP contribution < -0.4 is 5.32 Å². The first-order valence-corrected chi connectivity index (χ1v) is 10.2. The number of nitrogens with zero attached hydrogens (tertiary/aromatic N) is 1. The van der Waals surface area contributed by atoms with E-state index in [2.05, 4.69) is 18.5 Å². The molecule has 2 aromatic carbocycles. The van der Waals surface area contributed by atoms with Crippen LogP contribution >= 0.6 is 0 Å². The summed E-state index contributed by atoms with van der Waals surface area (Å²) in [5, 5.41) is 10.0. The maximum atomic E-state index is 13.7. The third kappa shape index (κ3) is 3.60. The fourth-order valence-electron chi connectivity index (χ4n) is 4.05. The number of hydrogen-bond donors (Lipinski definition) is 2. The topological polar surface area (TPSA) is 37.2 Å². The second-order valence-electron chi connectivity index (χ2n) is 8.32. The van der Waals surface area contributed by atoms with Gasteiger partial charge in [0.25, 0.3) is 0 Å². The highest BCUT2D eigenvalue weighted by atomic mass is 19.1. The number of rotatable bonds is 7. The Hall–Kier alpha value is -2.75. The number of aromatic nitrogens is 1. The number of aliphatic hydroxyl groups is 1. The molecule has 1 aromatic heterocycles. The summed E-state index contributed by atoms with van der Waals surface area (Å²) in [7, 11) is 27.4. The molecule has 8 radical (unpaired) electrons. The molecule has 0 unspecified atom stereocenters. The van der Waals surface area contributed by atoms with Gasteiger partial charge < -0.3 is 15.0 Å². The van der Waals surface area contributed by atoms with Crippen molar-refractivity contribution in [1.29, 1.82) is 0 Å². The molecule has 3 aromatic rings. The summed E-state index contributed by atoms with van der Waals surface area (Å²) in [6.45, 7) is 11.3. The highest BCUT2D eigenvalue weighted by Crippen LogP contribution is 2.49. The second-order valence-corrected chi connectivity index (χ2v) is 8.32. The lowest BCUT2D eigenvalue weighted by atomic mass is 9.27. The Morgan fingerprint density at radius 3 is 2.22 bits per heavy atom. The number of halogens is 1. The van der Waals surface area contributed by atoms with Crippen molar-refractivity contribution in [3.05, 3.63) is 78.0 Å². The van der Waals surface area contributed by atoms with Crippen molar-refractivity contribution in [2.45, 2.75) is 30.2 Å². The zero-order valence-electron chi connectivity index (χ0n) is 18.6. The third-order valence-electron chi connectivity index (χ3n) is 5.87. The summed E-state index contributed by atoms with van der Waals surface area (Å²) in [6.07, 6.45) is 1.73. The molecule has 32 heavy (non-hydrogen) atoms. The largest absolute Gasteiger partial charge is 0.514 e. The van der Waals surface area contributed by atoms with Gasteiger partial charge >= 0.3 is 0 Å². The van der Waals surface area contributed by atoms with Gasteiger partial charge in [0, 0.05) is 29.5 Å². The van der Waals surface area contributed by atoms with Crippen LogP contribution in [0.4, 0.5) is 10.1 Å². The van der Waals surface area contributed by atoms with Crippen LogP contribution in [0.1, 0.15) is 36.6 Å². The van der Waals surface area contributed by atoms with E-state index in [9.17, 15) is 9.50 Å². The minimum Gasteiger partial charge on any atom is -0.514 e. The Bertz CT molecular complexity index is 1200. The van der Waals surface area contributed by atoms with Crippen LogP contribution in [0, 0.1) is 5.82 Å². The highest BCUT2D eigenvalue weighted by molar-refractivity contribution is 6.56. The van der Waals surface area contributed by atoms with Crippen LogP contribution in [0.2, 0.25) is 5.21 Å². The van der Waals surface area contributed by atoms with Crippen LogP contribution in [0.25, 0.3) is 22.7 Å². The van der Waals surface area contributed by atoms with E-state index in [1.54, 1.807) is 25.3 Å². The van der Waals surface area contributed by atoms with Crippen LogP contribution in [0.15, 0.2) is 55.3 Å². The van der Waals surface area contributed by atoms with E-state index in [4.69, 9.17) is 31.4 Å². The number of nitrogens with one attached hydrogen (secondary N) is 1. The fourth-order valence-corrected chi connectivity index (χ4v) is 4.05. The molecule has 0 bridgehead atoms. The van der Waals surface area contributed by atoms with Crippen molar-refractivity contribution in [2.75, 3.05) is 12.4 Å². The van der Waals surface area contributed by atoms with Gasteiger partial charge in [0.2, 0.25) is 0 Å². The molecule has 0 saturated carbocycles. The standard InChI is InChI=1S/C24H23B4FN2O/c1-6-15-11-20-18(12-19(15)30-5)21(24(27,28)23(25,26)14(4)32)22(13(2)3)31(20)17-9-7-16(29)8-10-17/h6-13,30,32H,1,4H2,2-3,5H3. The number of benzene rings is 2. The van der Waals surface area contributed by atoms with Gasteiger partial charge in [0.05, 0.1) is 42.7 Å². The van der Waals surface area contributed by atoms with Crippen molar-refractivity contribution in [3.63, 3.8) is 0 Å². The predicted octanol–water partition coefficient (Wildman–Crippen LogP) is 4.59. The van der Waals surface area contributed by atoms with Gasteiger partial charge in [0.1, 0.15) is 5.82 Å². The molecule has 3 rings (SSSR count). The monoisotopic (exact) mass is 418 g/mol. The molecular weight excluding hydrogens is 395 g/mol. The number of allylic oxidation sites excluding steroid dienone is 1. The second kappa shape index (κ2) is 8.31. The molecule has 0 aliphatic heterocycles. The minimum absolute atomic E-state index is 0.0955. The fraction of sp³-hybridized carbons (Fsp3) is 0.250. The number of aliphatic hydroxyl groups excluding tert-OH is 1. The summed E-state index contributed by atoms with van der Waals surface area (Å²) < 4.78 is 15.6. The van der Waals surface area contributed by atoms with Crippen molar-refractivity contribution in [1.82, 2.24) is 4.57 Å². The molecule has 0 spiro atoms. The first-order chi connectivity index (χ1) is 14.9. The molecule has 0 fully saturated rings. The van der Waals surface area contributed by atoms with E-state index in [-0.39, 0.29) is 11.7 Å². The summed E-state index contributed by atoms with van der Waals surface area (Å²) in [5.74, 6) is -0.995. The summed E-state index contributed by atoms with van der Waals surface area (Å²) in [6, 6.07) is 9.92. The van der Waals surface area contributed by atoms with Gasteiger partial charge in [-0.15, -0.1) is 0 Å². The molecule has 154 valence electrons. The molecule has 2 N–H and O–H groups in total. The van der Waals surface area contributed by atoms with Gasteiger partial charge in [0.15, 0.2) is 0 Å². The van der Waals surface area contributed by atoms with E-state index in [1.165, 1.54) is 12.1 Å². The first-order valence-electron chi connectivity index (χ1n) is 10.2. The Morgan fingerprint density at radius 1 is 1.16 bits per heavy atom. The van der Waals surface area contributed by atoms with E-state index in [1.807, 2.05) is 30.5 Å². The van der Waals surface area contributed by atoms with Crippen LogP contribution in [-0.4, -0.2) is 48.1 Å². The van der Waals surface area contributed by atoms with Gasteiger partial charge in [-0.25, -0.2) is 4.39 Å². The van der Waals surface area contributed by atoms with E-state index < -0.39 is 16.2 Å². The Balaban J connectivity index is 2.59. The first kappa shape index (κ1) is 23.9. The lowest BCUT2D eigenvalue weighted by Gasteiger charge is -2.44. The van der Waals surface area contributed by atoms with Gasteiger partial charge in [-0.05, 0) is 53.4 Å². The van der Waals surface area contributed by atoms with Gasteiger partial charge in [-0.3, -0.25) is 0 Å². The molecule has 0 aliphatic carbocycles. The molecule has 3 nitrogen and oxygen atoms in total. The van der Waals surface area contributed by atoms with Gasteiger partial charge in [-0.2, -0.15) is 0 Å². The summed E-state index contributed by atoms with van der Waals surface area (Å²) >= 11 is 0. The van der Waals surface area contributed by atoms with Crippen LogP contribution in [0.5, 0.6) is 0 Å². The molecule has 0 amide bonds. The average Bonchev–Trinajstić information content (AvgIpc) is 3.07. The SMILES string of the molecule is [B]C([B])(C(=C)O)C([B])([B])c1c(C(C)C)n(-c2ccc(F)cc2)c2cc(C=C)c(NC)cc12. The Kier molecular flexibility index (Phi) is 6.21. The molecule has 0 atom stereocenters. The van der Waals surface area contributed by atoms with E-state index >= 15 is 0 Å². The Labute approximate surface area is 194 Å². The number of fused-ring (bicyclic) bond motifs is 1. The molecule has 0 aliphatic rings. The van der Waals surface area contributed by atoms with Crippen molar-refractivity contribution < 1.29 is 9.50 Å². The van der Waals surface area contributed by atoms with E-state index in [0.29, 0.717) is 16.6 Å². The number of anilines is 1. The van der Waals surface area contributed by atoms with Gasteiger partial charge in [-0.1, -0.05) is 43.5 Å². The third-order valence-corrected chi connectivity index (χ3v) is 5.87. The molecule has 1 heterocycles. The smallest absolute Gasteiger partial charge is 0.123 e. The molecule has 8 heteroatoms. The maximum absolute atomic E-state index is 13.7.